The van der Waals surface area contributed by atoms with E-state index in [1.165, 1.54) is 5.56 Å². The molecule has 0 saturated heterocycles. The van der Waals surface area contributed by atoms with Crippen molar-refractivity contribution in [3.05, 3.63) is 95.9 Å². The SMILES string of the molecule is Cc1ccc(-c2cc(NC(=O)CN[C@H](c3ccccc3)c3ccco3)on2)cc1. The Labute approximate surface area is 168 Å². The van der Waals surface area contributed by atoms with Gasteiger partial charge in [0.25, 0.3) is 0 Å². The highest BCUT2D eigenvalue weighted by Crippen LogP contribution is 2.23. The first-order valence-electron chi connectivity index (χ1n) is 9.34. The van der Waals surface area contributed by atoms with Crippen LogP contribution in [0.15, 0.2) is 88.0 Å². The fraction of sp³-hybridized carbons (Fsp3) is 0.130. The number of benzene rings is 2. The Morgan fingerprint density at radius 3 is 2.55 bits per heavy atom. The average Bonchev–Trinajstić information content (AvgIpc) is 3.42. The molecular weight excluding hydrogens is 366 g/mol. The number of nitrogens with one attached hydrogen (secondary N) is 2. The molecule has 146 valence electrons. The summed E-state index contributed by atoms with van der Waals surface area (Å²) in [4.78, 5) is 12.4. The van der Waals surface area contributed by atoms with Crippen molar-refractivity contribution in [3.8, 4) is 11.3 Å². The number of aryl methyl sites for hydroxylation is 1. The summed E-state index contributed by atoms with van der Waals surface area (Å²) < 4.78 is 10.8. The number of carbonyl (C=O) groups is 1. The monoisotopic (exact) mass is 387 g/mol. The molecule has 1 amide bonds. The van der Waals surface area contributed by atoms with E-state index in [2.05, 4.69) is 15.8 Å². The van der Waals surface area contributed by atoms with Gasteiger partial charge in [0.05, 0.1) is 18.8 Å². The van der Waals surface area contributed by atoms with Crippen LogP contribution in [0.25, 0.3) is 11.3 Å². The topological polar surface area (TPSA) is 80.3 Å². The number of carbonyl (C=O) groups excluding carboxylic acids is 1. The first kappa shape index (κ1) is 18.7. The molecule has 0 aliphatic heterocycles. The molecule has 0 aliphatic rings. The highest BCUT2D eigenvalue weighted by molar-refractivity contribution is 5.91. The lowest BCUT2D eigenvalue weighted by Crippen LogP contribution is -2.31. The third-order valence-corrected chi connectivity index (χ3v) is 4.55. The first-order valence-corrected chi connectivity index (χ1v) is 9.34. The van der Waals surface area contributed by atoms with Gasteiger partial charge in [-0.25, -0.2) is 0 Å². The maximum Gasteiger partial charge on any atom is 0.240 e. The number of hydrogen-bond donors (Lipinski definition) is 2. The van der Waals surface area contributed by atoms with Crippen molar-refractivity contribution in [3.63, 3.8) is 0 Å². The van der Waals surface area contributed by atoms with Crippen LogP contribution in [-0.2, 0) is 4.79 Å². The van der Waals surface area contributed by atoms with E-state index in [9.17, 15) is 4.79 Å². The van der Waals surface area contributed by atoms with E-state index in [0.29, 0.717) is 11.6 Å². The second kappa shape index (κ2) is 8.58. The second-order valence-electron chi connectivity index (χ2n) is 6.73. The molecule has 2 aromatic heterocycles. The standard InChI is InChI=1S/C23H21N3O3/c1-16-9-11-17(12-10-16)19-14-22(29-26-19)25-21(27)15-24-23(20-8-5-13-28-20)18-6-3-2-4-7-18/h2-14,23-24H,15H2,1H3,(H,25,27)/t23-/m1/s1. The molecule has 4 aromatic rings. The second-order valence-corrected chi connectivity index (χ2v) is 6.73. The lowest BCUT2D eigenvalue weighted by molar-refractivity contribution is -0.115. The number of furan rings is 1. The Kier molecular flexibility index (Phi) is 5.54. The van der Waals surface area contributed by atoms with Crippen LogP contribution in [0.2, 0.25) is 0 Å². The fourth-order valence-electron chi connectivity index (χ4n) is 3.05. The number of hydrogen-bond acceptors (Lipinski definition) is 5. The lowest BCUT2D eigenvalue weighted by atomic mass is 10.0. The fourth-order valence-corrected chi connectivity index (χ4v) is 3.05. The van der Waals surface area contributed by atoms with E-state index < -0.39 is 0 Å². The summed E-state index contributed by atoms with van der Waals surface area (Å²) in [5.41, 5.74) is 3.78. The zero-order valence-corrected chi connectivity index (χ0v) is 16.0. The van der Waals surface area contributed by atoms with Gasteiger partial charge in [-0.1, -0.05) is 65.3 Å². The van der Waals surface area contributed by atoms with Gasteiger partial charge in [-0.3, -0.25) is 15.4 Å². The van der Waals surface area contributed by atoms with Crippen LogP contribution >= 0.6 is 0 Å². The summed E-state index contributed by atoms with van der Waals surface area (Å²) in [5, 5.41) is 10.00. The number of amides is 1. The van der Waals surface area contributed by atoms with Crippen molar-refractivity contribution in [1.82, 2.24) is 10.5 Å². The van der Waals surface area contributed by atoms with Crippen LogP contribution in [0.5, 0.6) is 0 Å². The molecule has 0 unspecified atom stereocenters. The molecule has 1 atom stereocenters. The molecule has 0 fully saturated rings. The molecule has 6 nitrogen and oxygen atoms in total. The Bertz CT molecular complexity index is 1050. The number of aromatic nitrogens is 1. The first-order chi connectivity index (χ1) is 14.2. The van der Waals surface area contributed by atoms with Gasteiger partial charge in [-0.15, -0.1) is 0 Å². The minimum Gasteiger partial charge on any atom is -0.467 e. The predicted octanol–water partition coefficient (Wildman–Crippen LogP) is 4.56. The Morgan fingerprint density at radius 2 is 1.83 bits per heavy atom. The van der Waals surface area contributed by atoms with E-state index in [1.807, 2.05) is 73.7 Å². The number of rotatable bonds is 7. The maximum absolute atomic E-state index is 12.4. The molecule has 2 aromatic carbocycles. The van der Waals surface area contributed by atoms with Crippen LogP contribution in [0.3, 0.4) is 0 Å². The molecule has 0 radical (unpaired) electrons. The Morgan fingerprint density at radius 1 is 1.03 bits per heavy atom. The zero-order valence-electron chi connectivity index (χ0n) is 16.0. The third-order valence-electron chi connectivity index (χ3n) is 4.55. The molecule has 4 rings (SSSR count). The molecule has 0 aliphatic carbocycles. The molecule has 2 N–H and O–H groups in total. The molecule has 2 heterocycles. The van der Waals surface area contributed by atoms with Crippen molar-refractivity contribution in [2.24, 2.45) is 0 Å². The Hall–Kier alpha value is -3.64. The lowest BCUT2D eigenvalue weighted by Gasteiger charge is -2.16. The van der Waals surface area contributed by atoms with Crippen LogP contribution in [0.4, 0.5) is 5.88 Å². The molecule has 0 spiro atoms. The predicted molar refractivity (Wildman–Crippen MR) is 110 cm³/mol. The third kappa shape index (κ3) is 4.62. The molecule has 6 heteroatoms. The van der Waals surface area contributed by atoms with Crippen LogP contribution in [-0.4, -0.2) is 17.6 Å². The van der Waals surface area contributed by atoms with Crippen LogP contribution in [0, 0.1) is 6.92 Å². The quantitative estimate of drug-likeness (QED) is 0.486. The van der Waals surface area contributed by atoms with Gasteiger partial charge in [0.1, 0.15) is 11.5 Å². The van der Waals surface area contributed by atoms with E-state index in [-0.39, 0.29) is 18.5 Å². The van der Waals surface area contributed by atoms with Gasteiger partial charge in [0.2, 0.25) is 11.8 Å². The van der Waals surface area contributed by atoms with Crippen molar-refractivity contribution in [2.75, 3.05) is 11.9 Å². The van der Waals surface area contributed by atoms with Crippen LogP contribution in [0.1, 0.15) is 22.9 Å². The largest absolute Gasteiger partial charge is 0.467 e. The van der Waals surface area contributed by atoms with Gasteiger partial charge < -0.3 is 8.94 Å². The minimum absolute atomic E-state index is 0.0842. The number of nitrogens with zero attached hydrogens (tertiary/aromatic N) is 1. The van der Waals surface area contributed by atoms with Crippen molar-refractivity contribution >= 4 is 11.8 Å². The van der Waals surface area contributed by atoms with Crippen molar-refractivity contribution in [2.45, 2.75) is 13.0 Å². The van der Waals surface area contributed by atoms with Gasteiger partial charge in [-0.2, -0.15) is 0 Å². The summed E-state index contributed by atoms with van der Waals surface area (Å²) in [6.07, 6.45) is 1.62. The maximum atomic E-state index is 12.4. The average molecular weight is 387 g/mol. The summed E-state index contributed by atoms with van der Waals surface area (Å²) >= 11 is 0. The summed E-state index contributed by atoms with van der Waals surface area (Å²) in [5.74, 6) is 0.816. The molecule has 0 bridgehead atoms. The van der Waals surface area contributed by atoms with E-state index in [1.54, 1.807) is 12.3 Å². The highest BCUT2D eigenvalue weighted by atomic mass is 16.5. The van der Waals surface area contributed by atoms with E-state index >= 15 is 0 Å². The van der Waals surface area contributed by atoms with Crippen molar-refractivity contribution < 1.29 is 13.7 Å². The van der Waals surface area contributed by atoms with Crippen LogP contribution < -0.4 is 10.6 Å². The van der Waals surface area contributed by atoms with E-state index in [0.717, 1.165) is 16.9 Å². The number of anilines is 1. The van der Waals surface area contributed by atoms with Gasteiger partial charge in [0, 0.05) is 11.6 Å². The molecule has 0 saturated carbocycles. The van der Waals surface area contributed by atoms with Crippen molar-refractivity contribution in [1.29, 1.82) is 0 Å². The Balaban J connectivity index is 1.40. The summed E-state index contributed by atoms with van der Waals surface area (Å²) in [6.45, 7) is 2.11. The highest BCUT2D eigenvalue weighted by Gasteiger charge is 2.18. The smallest absolute Gasteiger partial charge is 0.240 e. The normalized spacial score (nSPS) is 11.9. The molecule has 29 heavy (non-hydrogen) atoms. The zero-order chi connectivity index (χ0) is 20.1. The molecular formula is C23H21N3O3. The summed E-state index contributed by atoms with van der Waals surface area (Å²) in [7, 11) is 0. The van der Waals surface area contributed by atoms with Gasteiger partial charge >= 0.3 is 0 Å². The summed E-state index contributed by atoms with van der Waals surface area (Å²) in [6, 6.07) is 23.0. The minimum atomic E-state index is -0.232. The van der Waals surface area contributed by atoms with Gasteiger partial charge in [0.15, 0.2) is 0 Å². The van der Waals surface area contributed by atoms with E-state index in [4.69, 9.17) is 8.94 Å². The van der Waals surface area contributed by atoms with Gasteiger partial charge in [-0.05, 0) is 24.6 Å².